The molecule has 0 aliphatic heterocycles. The summed E-state index contributed by atoms with van der Waals surface area (Å²) in [5.74, 6) is 1.38. The van der Waals surface area contributed by atoms with Crippen molar-refractivity contribution in [3.63, 3.8) is 0 Å². The largest absolute Gasteiger partial charge is 0.366 e. The Balaban J connectivity index is 1.76. The lowest BCUT2D eigenvalue weighted by Gasteiger charge is -2.08. The van der Waals surface area contributed by atoms with Gasteiger partial charge >= 0.3 is 0 Å². The zero-order valence-corrected chi connectivity index (χ0v) is 14.8. The first-order chi connectivity index (χ1) is 11.5. The van der Waals surface area contributed by atoms with E-state index in [0.29, 0.717) is 17.5 Å². The van der Waals surface area contributed by atoms with Crippen molar-refractivity contribution in [1.29, 1.82) is 0 Å². The molecule has 24 heavy (non-hydrogen) atoms. The molecule has 0 atom stereocenters. The van der Waals surface area contributed by atoms with Gasteiger partial charge in [-0.15, -0.1) is 0 Å². The van der Waals surface area contributed by atoms with E-state index in [1.165, 1.54) is 11.1 Å². The van der Waals surface area contributed by atoms with Crippen LogP contribution in [0.2, 0.25) is 5.15 Å². The maximum absolute atomic E-state index is 5.98. The van der Waals surface area contributed by atoms with Crippen LogP contribution in [0.1, 0.15) is 28.3 Å². The minimum atomic E-state index is 0.443. The van der Waals surface area contributed by atoms with Crippen LogP contribution in [0.4, 0.5) is 5.82 Å². The zero-order valence-electron chi connectivity index (χ0n) is 14.0. The molecule has 3 rings (SSSR count). The molecule has 0 saturated carbocycles. The normalized spacial score (nSPS) is 10.8. The lowest BCUT2D eigenvalue weighted by Crippen LogP contribution is -2.07. The molecule has 3 aromatic rings. The van der Waals surface area contributed by atoms with Gasteiger partial charge in [-0.3, -0.25) is 4.68 Å². The number of rotatable bonds is 5. The van der Waals surface area contributed by atoms with Crippen molar-refractivity contribution in [1.82, 2.24) is 19.7 Å². The number of hydrogen-bond acceptors (Lipinski definition) is 4. The third-order valence-electron chi connectivity index (χ3n) is 3.96. The number of hydrogen-bond donors (Lipinski definition) is 1. The molecule has 0 saturated heterocycles. The third kappa shape index (κ3) is 3.74. The number of halogens is 1. The van der Waals surface area contributed by atoms with Crippen molar-refractivity contribution in [2.24, 2.45) is 0 Å². The van der Waals surface area contributed by atoms with Gasteiger partial charge in [-0.05, 0) is 26.3 Å². The molecule has 2 heterocycles. The van der Waals surface area contributed by atoms with Gasteiger partial charge in [0.2, 0.25) is 0 Å². The predicted molar refractivity (Wildman–Crippen MR) is 96.4 cm³/mol. The Kier molecular flexibility index (Phi) is 4.81. The molecule has 0 bridgehead atoms. The number of benzene rings is 1. The second kappa shape index (κ2) is 7.01. The Bertz CT molecular complexity index is 822. The fourth-order valence-corrected chi connectivity index (χ4v) is 2.93. The van der Waals surface area contributed by atoms with Gasteiger partial charge in [-0.1, -0.05) is 41.9 Å². The fourth-order valence-electron chi connectivity index (χ4n) is 2.70. The fraction of sp³-hybridized carbons (Fsp3) is 0.278. The second-order valence-corrected chi connectivity index (χ2v) is 6.16. The summed E-state index contributed by atoms with van der Waals surface area (Å²) in [5, 5.41) is 8.43. The lowest BCUT2D eigenvalue weighted by molar-refractivity contribution is 0.658. The van der Waals surface area contributed by atoms with Crippen molar-refractivity contribution in [3.05, 3.63) is 69.9 Å². The van der Waals surface area contributed by atoms with Gasteiger partial charge in [0.05, 0.1) is 12.2 Å². The van der Waals surface area contributed by atoms with Crippen molar-refractivity contribution >= 4 is 17.4 Å². The highest BCUT2D eigenvalue weighted by Gasteiger charge is 2.12. The summed E-state index contributed by atoms with van der Waals surface area (Å²) < 4.78 is 2.04. The molecule has 0 aliphatic rings. The van der Waals surface area contributed by atoms with E-state index in [2.05, 4.69) is 39.4 Å². The molecule has 1 N–H and O–H groups in total. The quantitative estimate of drug-likeness (QED) is 0.715. The minimum Gasteiger partial charge on any atom is -0.366 e. The molecular formula is C18H20ClN5. The molecular weight excluding hydrogens is 322 g/mol. The van der Waals surface area contributed by atoms with Crippen molar-refractivity contribution in [2.45, 2.75) is 33.9 Å². The van der Waals surface area contributed by atoms with Crippen LogP contribution in [0.5, 0.6) is 0 Å². The Morgan fingerprint density at radius 1 is 1.08 bits per heavy atom. The maximum Gasteiger partial charge on any atom is 0.134 e. The first-order valence-corrected chi connectivity index (χ1v) is 8.22. The van der Waals surface area contributed by atoms with Gasteiger partial charge in [-0.25, -0.2) is 9.97 Å². The summed E-state index contributed by atoms with van der Waals surface area (Å²) in [6, 6.07) is 12.1. The molecule has 0 amide bonds. The number of aryl methyl sites for hydroxylation is 2. The summed E-state index contributed by atoms with van der Waals surface area (Å²) in [6.07, 6.45) is 0. The molecule has 0 unspecified atom stereocenters. The van der Waals surface area contributed by atoms with Gasteiger partial charge in [0.25, 0.3) is 0 Å². The highest BCUT2D eigenvalue weighted by atomic mass is 35.5. The monoisotopic (exact) mass is 341 g/mol. The molecule has 5 nitrogen and oxygen atoms in total. The predicted octanol–water partition coefficient (Wildman–Crippen LogP) is 3.91. The topological polar surface area (TPSA) is 55.6 Å². The second-order valence-electron chi connectivity index (χ2n) is 5.77. The van der Waals surface area contributed by atoms with Crippen LogP contribution in [0.3, 0.4) is 0 Å². The Hall–Kier alpha value is -2.40. The molecule has 6 heteroatoms. The SMILES string of the molecule is Cc1nc(Cl)cc(NCc2c(C)nn(Cc3ccccc3)c2C)n1. The Morgan fingerprint density at radius 3 is 2.54 bits per heavy atom. The Morgan fingerprint density at radius 2 is 1.83 bits per heavy atom. The van der Waals surface area contributed by atoms with Crippen LogP contribution >= 0.6 is 11.6 Å². The minimum absolute atomic E-state index is 0.443. The average molecular weight is 342 g/mol. The Labute approximate surface area is 146 Å². The highest BCUT2D eigenvalue weighted by molar-refractivity contribution is 6.29. The van der Waals surface area contributed by atoms with E-state index in [1.54, 1.807) is 6.07 Å². The number of nitrogens with one attached hydrogen (secondary N) is 1. The van der Waals surface area contributed by atoms with E-state index in [4.69, 9.17) is 11.6 Å². The van der Waals surface area contributed by atoms with Crippen LogP contribution in [-0.2, 0) is 13.1 Å². The molecule has 0 fully saturated rings. The van der Waals surface area contributed by atoms with Crippen LogP contribution < -0.4 is 5.32 Å². The van der Waals surface area contributed by atoms with Crippen molar-refractivity contribution in [2.75, 3.05) is 5.32 Å². The van der Waals surface area contributed by atoms with Gasteiger partial charge in [-0.2, -0.15) is 5.10 Å². The van der Waals surface area contributed by atoms with E-state index >= 15 is 0 Å². The van der Waals surface area contributed by atoms with Gasteiger partial charge in [0.15, 0.2) is 0 Å². The molecule has 0 aliphatic carbocycles. The number of anilines is 1. The summed E-state index contributed by atoms with van der Waals surface area (Å²) in [4.78, 5) is 8.42. The summed E-state index contributed by atoms with van der Waals surface area (Å²) in [6.45, 7) is 7.37. The highest BCUT2D eigenvalue weighted by Crippen LogP contribution is 2.17. The van der Waals surface area contributed by atoms with E-state index in [1.807, 2.05) is 36.7 Å². The smallest absolute Gasteiger partial charge is 0.134 e. The van der Waals surface area contributed by atoms with Crippen LogP contribution in [-0.4, -0.2) is 19.7 Å². The van der Waals surface area contributed by atoms with Crippen LogP contribution in [0.15, 0.2) is 36.4 Å². The van der Waals surface area contributed by atoms with E-state index in [9.17, 15) is 0 Å². The number of aromatic nitrogens is 4. The van der Waals surface area contributed by atoms with Gasteiger partial charge in [0, 0.05) is 23.9 Å². The third-order valence-corrected chi connectivity index (χ3v) is 4.15. The van der Waals surface area contributed by atoms with E-state index < -0.39 is 0 Å². The van der Waals surface area contributed by atoms with Crippen LogP contribution in [0.25, 0.3) is 0 Å². The van der Waals surface area contributed by atoms with E-state index in [0.717, 1.165) is 23.8 Å². The molecule has 124 valence electrons. The summed E-state index contributed by atoms with van der Waals surface area (Å²) in [5.41, 5.74) is 4.59. The van der Waals surface area contributed by atoms with Gasteiger partial charge < -0.3 is 5.32 Å². The molecule has 0 spiro atoms. The molecule has 2 aromatic heterocycles. The van der Waals surface area contributed by atoms with Gasteiger partial charge in [0.1, 0.15) is 16.8 Å². The first-order valence-electron chi connectivity index (χ1n) is 7.85. The summed E-state index contributed by atoms with van der Waals surface area (Å²) >= 11 is 5.98. The van der Waals surface area contributed by atoms with Crippen molar-refractivity contribution < 1.29 is 0 Å². The lowest BCUT2D eigenvalue weighted by atomic mass is 10.2. The molecule has 1 aromatic carbocycles. The maximum atomic E-state index is 5.98. The van der Waals surface area contributed by atoms with Crippen molar-refractivity contribution in [3.8, 4) is 0 Å². The summed E-state index contributed by atoms with van der Waals surface area (Å²) in [7, 11) is 0. The first kappa shape index (κ1) is 16.5. The average Bonchev–Trinajstić information content (AvgIpc) is 2.79. The number of nitrogens with zero attached hydrogens (tertiary/aromatic N) is 4. The van der Waals surface area contributed by atoms with Crippen LogP contribution in [0, 0.1) is 20.8 Å². The molecule has 0 radical (unpaired) electrons. The van der Waals surface area contributed by atoms with E-state index in [-0.39, 0.29) is 0 Å². The zero-order chi connectivity index (χ0) is 17.1. The standard InChI is InChI=1S/C18H20ClN5/c1-12-16(10-20-18-9-17(19)21-14(3)22-18)13(2)24(23-12)11-15-7-5-4-6-8-15/h4-9H,10-11H2,1-3H3,(H,20,21,22).